The van der Waals surface area contributed by atoms with E-state index < -0.39 is 0 Å². The van der Waals surface area contributed by atoms with Gasteiger partial charge in [-0.15, -0.1) is 10.2 Å². The van der Waals surface area contributed by atoms with Gasteiger partial charge in [0.15, 0.2) is 5.78 Å². The lowest BCUT2D eigenvalue weighted by molar-refractivity contribution is 0.101. The minimum Gasteiger partial charge on any atom is -0.371 e. The van der Waals surface area contributed by atoms with E-state index in [4.69, 9.17) is 0 Å². The van der Waals surface area contributed by atoms with Gasteiger partial charge in [-0.3, -0.25) is 4.79 Å². The van der Waals surface area contributed by atoms with Crippen molar-refractivity contribution in [3.63, 3.8) is 0 Å². The van der Waals surface area contributed by atoms with Crippen molar-refractivity contribution in [2.75, 3.05) is 18.0 Å². The molecular formula is C20H26N4O. The summed E-state index contributed by atoms with van der Waals surface area (Å²) in [7, 11) is 0. The van der Waals surface area contributed by atoms with E-state index in [1.54, 1.807) is 6.92 Å². The molecule has 2 aliphatic rings. The fraction of sp³-hybridized carbons (Fsp3) is 0.550. The van der Waals surface area contributed by atoms with E-state index in [-0.39, 0.29) is 5.78 Å². The molecular weight excluding hydrogens is 312 g/mol. The minimum atomic E-state index is 0.120. The van der Waals surface area contributed by atoms with Gasteiger partial charge in [-0.05, 0) is 56.9 Å². The summed E-state index contributed by atoms with van der Waals surface area (Å²) in [6.45, 7) is 4.74. The van der Waals surface area contributed by atoms with Crippen molar-refractivity contribution in [2.24, 2.45) is 0 Å². The molecule has 1 unspecified atom stereocenters. The van der Waals surface area contributed by atoms with E-state index >= 15 is 0 Å². The number of anilines is 1. The van der Waals surface area contributed by atoms with Crippen molar-refractivity contribution in [2.45, 2.75) is 57.9 Å². The average Bonchev–Trinajstić information content (AvgIpc) is 2.90. The van der Waals surface area contributed by atoms with Gasteiger partial charge in [-0.2, -0.15) is 0 Å². The molecule has 1 atom stereocenters. The van der Waals surface area contributed by atoms with Gasteiger partial charge in [0.05, 0.1) is 0 Å². The summed E-state index contributed by atoms with van der Waals surface area (Å²) >= 11 is 0. The lowest BCUT2D eigenvalue weighted by Crippen LogP contribution is -2.35. The molecule has 0 N–H and O–H groups in total. The molecule has 25 heavy (non-hydrogen) atoms. The van der Waals surface area contributed by atoms with Crippen LogP contribution in [0.1, 0.15) is 67.0 Å². The number of carbonyl (C=O) groups excluding carboxylic acids is 1. The molecule has 132 valence electrons. The molecule has 1 saturated heterocycles. The Bertz CT molecular complexity index is 750. The highest BCUT2D eigenvalue weighted by molar-refractivity contribution is 5.94. The van der Waals surface area contributed by atoms with Crippen LogP contribution < -0.4 is 4.90 Å². The molecule has 5 nitrogen and oxygen atoms in total. The van der Waals surface area contributed by atoms with Crippen LogP contribution in [-0.2, 0) is 13.0 Å². The second kappa shape index (κ2) is 6.98. The van der Waals surface area contributed by atoms with Gasteiger partial charge >= 0.3 is 0 Å². The van der Waals surface area contributed by atoms with Crippen molar-refractivity contribution in [3.05, 3.63) is 41.5 Å². The SMILES string of the molecule is CC(=O)c1ccc(N2CCCC(c3nnc4n3CCCCC4)C2)cc1. The third-order valence-corrected chi connectivity index (χ3v) is 5.56. The van der Waals surface area contributed by atoms with Crippen LogP contribution in [0.25, 0.3) is 0 Å². The van der Waals surface area contributed by atoms with Gasteiger partial charge in [0.1, 0.15) is 11.6 Å². The maximum atomic E-state index is 11.5. The number of piperidine rings is 1. The summed E-state index contributed by atoms with van der Waals surface area (Å²) in [6, 6.07) is 8.02. The van der Waals surface area contributed by atoms with Gasteiger partial charge < -0.3 is 9.47 Å². The number of carbonyl (C=O) groups is 1. The van der Waals surface area contributed by atoms with Crippen molar-refractivity contribution in [1.82, 2.24) is 14.8 Å². The van der Waals surface area contributed by atoms with Crippen LogP contribution in [0.5, 0.6) is 0 Å². The largest absolute Gasteiger partial charge is 0.371 e. The number of nitrogens with zero attached hydrogens (tertiary/aromatic N) is 4. The van der Waals surface area contributed by atoms with Crippen molar-refractivity contribution in [1.29, 1.82) is 0 Å². The zero-order chi connectivity index (χ0) is 17.2. The predicted molar refractivity (Wildman–Crippen MR) is 98.2 cm³/mol. The number of Topliss-reactive ketones (excluding diaryl/α,β-unsaturated/α-hetero) is 1. The van der Waals surface area contributed by atoms with E-state index in [0.717, 1.165) is 31.6 Å². The van der Waals surface area contributed by atoms with Crippen molar-refractivity contribution < 1.29 is 4.79 Å². The molecule has 1 aromatic carbocycles. The first-order valence-corrected chi connectivity index (χ1v) is 9.50. The molecule has 1 fully saturated rings. The Morgan fingerprint density at radius 3 is 2.68 bits per heavy atom. The van der Waals surface area contributed by atoms with Crippen LogP contribution in [0.4, 0.5) is 5.69 Å². The Balaban J connectivity index is 1.53. The second-order valence-corrected chi connectivity index (χ2v) is 7.32. The number of hydrogen-bond donors (Lipinski definition) is 0. The molecule has 5 heteroatoms. The van der Waals surface area contributed by atoms with Crippen molar-refractivity contribution >= 4 is 11.5 Å². The molecule has 0 bridgehead atoms. The number of aryl methyl sites for hydroxylation is 1. The molecule has 2 aromatic rings. The second-order valence-electron chi connectivity index (χ2n) is 7.32. The Labute approximate surface area is 149 Å². The molecule has 1 aromatic heterocycles. The van der Waals surface area contributed by atoms with Crippen LogP contribution >= 0.6 is 0 Å². The van der Waals surface area contributed by atoms with E-state index in [1.165, 1.54) is 49.4 Å². The number of aromatic nitrogens is 3. The van der Waals surface area contributed by atoms with E-state index in [0.29, 0.717) is 5.92 Å². The van der Waals surface area contributed by atoms with Crippen LogP contribution in [0.3, 0.4) is 0 Å². The molecule has 0 saturated carbocycles. The van der Waals surface area contributed by atoms with Gasteiger partial charge in [0.2, 0.25) is 0 Å². The fourth-order valence-electron chi connectivity index (χ4n) is 4.14. The van der Waals surface area contributed by atoms with Crippen LogP contribution in [0.15, 0.2) is 24.3 Å². The van der Waals surface area contributed by atoms with Crippen LogP contribution in [-0.4, -0.2) is 33.6 Å². The zero-order valence-corrected chi connectivity index (χ0v) is 14.9. The quantitative estimate of drug-likeness (QED) is 0.803. The first kappa shape index (κ1) is 16.3. The van der Waals surface area contributed by atoms with E-state index in [9.17, 15) is 4.79 Å². The molecule has 0 spiro atoms. The standard InChI is InChI=1S/C20H26N4O/c1-15(25)16-8-10-18(11-9-16)23-12-5-6-17(14-23)20-22-21-19-7-3-2-4-13-24(19)20/h8-11,17H,2-7,12-14H2,1H3. The van der Waals surface area contributed by atoms with Crippen molar-refractivity contribution in [3.8, 4) is 0 Å². The highest BCUT2D eigenvalue weighted by Crippen LogP contribution is 2.30. The minimum absolute atomic E-state index is 0.120. The number of ketones is 1. The Morgan fingerprint density at radius 1 is 1.04 bits per heavy atom. The molecule has 0 aliphatic carbocycles. The highest BCUT2D eigenvalue weighted by atomic mass is 16.1. The normalized spacial score (nSPS) is 20.8. The molecule has 2 aliphatic heterocycles. The molecule has 0 radical (unpaired) electrons. The molecule has 4 rings (SSSR count). The first-order valence-electron chi connectivity index (χ1n) is 9.50. The number of rotatable bonds is 3. The van der Waals surface area contributed by atoms with E-state index in [1.807, 2.05) is 12.1 Å². The van der Waals surface area contributed by atoms with E-state index in [2.05, 4.69) is 31.8 Å². The zero-order valence-electron chi connectivity index (χ0n) is 14.9. The maximum Gasteiger partial charge on any atom is 0.159 e. The maximum absolute atomic E-state index is 11.5. The summed E-state index contributed by atoms with van der Waals surface area (Å²) < 4.78 is 2.39. The lowest BCUT2D eigenvalue weighted by Gasteiger charge is -2.34. The van der Waals surface area contributed by atoms with Gasteiger partial charge in [-0.25, -0.2) is 0 Å². The van der Waals surface area contributed by atoms with Gasteiger partial charge in [0, 0.05) is 43.2 Å². The third-order valence-electron chi connectivity index (χ3n) is 5.56. The first-order chi connectivity index (χ1) is 12.2. The number of hydrogen-bond acceptors (Lipinski definition) is 4. The summed E-state index contributed by atoms with van der Waals surface area (Å²) in [6.07, 6.45) is 7.18. The Hall–Kier alpha value is -2.17. The summed E-state index contributed by atoms with van der Waals surface area (Å²) in [5.41, 5.74) is 1.98. The van der Waals surface area contributed by atoms with Crippen LogP contribution in [0.2, 0.25) is 0 Å². The number of benzene rings is 1. The summed E-state index contributed by atoms with van der Waals surface area (Å²) in [5, 5.41) is 9.05. The third kappa shape index (κ3) is 3.32. The smallest absolute Gasteiger partial charge is 0.159 e. The Morgan fingerprint density at radius 2 is 1.88 bits per heavy atom. The van der Waals surface area contributed by atoms with Crippen LogP contribution in [0, 0.1) is 0 Å². The monoisotopic (exact) mass is 338 g/mol. The Kier molecular flexibility index (Phi) is 4.55. The lowest BCUT2D eigenvalue weighted by atomic mass is 9.96. The van der Waals surface area contributed by atoms with Gasteiger partial charge in [0.25, 0.3) is 0 Å². The molecule has 3 heterocycles. The summed E-state index contributed by atoms with van der Waals surface area (Å²) in [5.74, 6) is 2.92. The topological polar surface area (TPSA) is 51.0 Å². The highest BCUT2D eigenvalue weighted by Gasteiger charge is 2.27. The fourth-order valence-corrected chi connectivity index (χ4v) is 4.14. The predicted octanol–water partition coefficient (Wildman–Crippen LogP) is 3.59. The summed E-state index contributed by atoms with van der Waals surface area (Å²) in [4.78, 5) is 13.9. The van der Waals surface area contributed by atoms with Gasteiger partial charge in [-0.1, -0.05) is 6.42 Å². The number of fused-ring (bicyclic) bond motifs is 1. The average molecular weight is 338 g/mol. The molecule has 0 amide bonds.